The van der Waals surface area contributed by atoms with Crippen molar-refractivity contribution < 1.29 is 24.9 Å². The van der Waals surface area contributed by atoms with E-state index in [1.54, 1.807) is 36.4 Å². The van der Waals surface area contributed by atoms with Gasteiger partial charge < -0.3 is 20.6 Å². The van der Waals surface area contributed by atoms with Gasteiger partial charge in [-0.2, -0.15) is 0 Å². The summed E-state index contributed by atoms with van der Waals surface area (Å²) in [7, 11) is 0. The number of phenols is 1. The lowest BCUT2D eigenvalue weighted by Gasteiger charge is -2.17. The van der Waals surface area contributed by atoms with Crippen LogP contribution in [0.5, 0.6) is 5.75 Å². The second kappa shape index (κ2) is 8.12. The average molecular weight is 329 g/mol. The lowest BCUT2D eigenvalue weighted by Crippen LogP contribution is -2.47. The molecule has 0 unspecified atom stereocenters. The molecule has 0 spiro atoms. The molecule has 4 N–H and O–H groups in total. The van der Waals surface area contributed by atoms with Crippen molar-refractivity contribution in [3.63, 3.8) is 0 Å². The Bertz CT molecular complexity index is 684. The molecule has 0 aliphatic rings. The van der Waals surface area contributed by atoms with Gasteiger partial charge in [0, 0.05) is 12.8 Å². The van der Waals surface area contributed by atoms with E-state index >= 15 is 0 Å². The summed E-state index contributed by atoms with van der Waals surface area (Å²) in [6.45, 7) is 0. The van der Waals surface area contributed by atoms with Gasteiger partial charge >= 0.3 is 5.97 Å². The maximum Gasteiger partial charge on any atom is 0.326 e. The number of carboxylic acid groups (broad SMARTS) is 1. The Balaban J connectivity index is 1.97. The highest BCUT2D eigenvalue weighted by Gasteiger charge is 2.24. The molecule has 0 aromatic heterocycles. The Morgan fingerprint density at radius 2 is 1.50 bits per heavy atom. The maximum absolute atomic E-state index is 12.0. The number of phenolic OH excluding ortho intramolecular Hbond substituents is 1. The van der Waals surface area contributed by atoms with Crippen LogP contribution in [0.1, 0.15) is 11.1 Å². The molecule has 0 aliphatic heterocycles. The Hall–Kier alpha value is -2.86. The van der Waals surface area contributed by atoms with Crippen molar-refractivity contribution in [1.29, 1.82) is 0 Å². The third kappa shape index (κ3) is 5.10. The lowest BCUT2D eigenvalue weighted by atomic mass is 10.0. The molecule has 0 aliphatic carbocycles. The van der Waals surface area contributed by atoms with Crippen LogP contribution in [-0.2, 0) is 22.4 Å². The topological polar surface area (TPSA) is 107 Å². The lowest BCUT2D eigenvalue weighted by molar-refractivity contribution is -0.143. The molecule has 2 aromatic carbocycles. The van der Waals surface area contributed by atoms with E-state index in [2.05, 4.69) is 5.32 Å². The number of amides is 1. The van der Waals surface area contributed by atoms with E-state index in [-0.39, 0.29) is 18.6 Å². The predicted molar refractivity (Wildman–Crippen MR) is 87.5 cm³/mol. The van der Waals surface area contributed by atoms with E-state index < -0.39 is 24.0 Å². The van der Waals surface area contributed by atoms with E-state index in [1.165, 1.54) is 12.1 Å². The van der Waals surface area contributed by atoms with E-state index in [4.69, 9.17) is 0 Å². The number of hydrogen-bond acceptors (Lipinski definition) is 4. The zero-order valence-electron chi connectivity index (χ0n) is 12.9. The summed E-state index contributed by atoms with van der Waals surface area (Å²) in [6.07, 6.45) is -1.16. The average Bonchev–Trinajstić information content (AvgIpc) is 2.56. The number of hydrogen-bond donors (Lipinski definition) is 4. The molecule has 6 heteroatoms. The second-order valence-electron chi connectivity index (χ2n) is 5.48. The third-order valence-corrected chi connectivity index (χ3v) is 3.57. The molecular formula is C18H19NO5. The van der Waals surface area contributed by atoms with E-state index in [9.17, 15) is 24.9 Å². The number of aliphatic carboxylic acids is 1. The fourth-order valence-corrected chi connectivity index (χ4v) is 2.27. The van der Waals surface area contributed by atoms with E-state index in [0.717, 1.165) is 5.56 Å². The van der Waals surface area contributed by atoms with Gasteiger partial charge in [0.15, 0.2) is 0 Å². The monoisotopic (exact) mass is 329 g/mol. The van der Waals surface area contributed by atoms with Gasteiger partial charge in [-0.05, 0) is 23.3 Å². The first-order valence-electron chi connectivity index (χ1n) is 7.49. The summed E-state index contributed by atoms with van der Waals surface area (Å²) in [5.41, 5.74) is 1.43. The van der Waals surface area contributed by atoms with E-state index in [1.807, 2.05) is 6.07 Å². The highest BCUT2D eigenvalue weighted by molar-refractivity contribution is 5.86. The number of nitrogens with one attached hydrogen (secondary N) is 1. The minimum absolute atomic E-state index is 0.0550. The molecule has 0 saturated carbocycles. The first-order valence-corrected chi connectivity index (χ1v) is 7.49. The normalized spacial score (nSPS) is 13.0. The van der Waals surface area contributed by atoms with Gasteiger partial charge in [-0.25, -0.2) is 4.79 Å². The number of carbonyl (C=O) groups excluding carboxylic acids is 1. The minimum Gasteiger partial charge on any atom is -0.508 e. The number of rotatable bonds is 7. The zero-order valence-corrected chi connectivity index (χ0v) is 12.9. The summed E-state index contributed by atoms with van der Waals surface area (Å²) in [6, 6.07) is 13.9. The van der Waals surface area contributed by atoms with Crippen LogP contribution in [0, 0.1) is 0 Å². The molecule has 0 radical (unpaired) electrons. The van der Waals surface area contributed by atoms with Gasteiger partial charge in [0.2, 0.25) is 5.91 Å². The Morgan fingerprint density at radius 3 is 2.08 bits per heavy atom. The molecule has 2 rings (SSSR count). The molecule has 0 fully saturated rings. The number of aliphatic hydroxyl groups is 1. The minimum atomic E-state index is -1.32. The van der Waals surface area contributed by atoms with Crippen LogP contribution in [0.2, 0.25) is 0 Å². The SMILES string of the molecule is O=C(N[C@@H](Cc1ccc(O)cc1)C(=O)O)[C@H](O)Cc1ccccc1. The maximum atomic E-state index is 12.0. The number of aliphatic hydroxyl groups excluding tert-OH is 1. The summed E-state index contributed by atoms with van der Waals surface area (Å²) >= 11 is 0. The third-order valence-electron chi connectivity index (χ3n) is 3.57. The van der Waals surface area contributed by atoms with Crippen LogP contribution in [-0.4, -0.2) is 39.3 Å². The molecule has 1 amide bonds. The second-order valence-corrected chi connectivity index (χ2v) is 5.48. The Labute approximate surface area is 139 Å². The van der Waals surface area contributed by atoms with Crippen LogP contribution in [0.15, 0.2) is 54.6 Å². The zero-order chi connectivity index (χ0) is 17.5. The standard InChI is InChI=1S/C18H19NO5/c20-14-8-6-13(7-9-14)10-15(18(23)24)19-17(22)16(21)11-12-4-2-1-3-5-12/h1-9,15-16,20-21H,10-11H2,(H,19,22)(H,23,24)/t15-,16+/m0/s1. The van der Waals surface area contributed by atoms with Crippen LogP contribution in [0.25, 0.3) is 0 Å². The highest BCUT2D eigenvalue weighted by Crippen LogP contribution is 2.12. The molecule has 126 valence electrons. The largest absolute Gasteiger partial charge is 0.508 e. The smallest absolute Gasteiger partial charge is 0.326 e. The van der Waals surface area contributed by atoms with Gasteiger partial charge in [0.1, 0.15) is 17.9 Å². The van der Waals surface area contributed by atoms with Crippen molar-refractivity contribution in [2.45, 2.75) is 25.0 Å². The van der Waals surface area contributed by atoms with E-state index in [0.29, 0.717) is 5.56 Å². The highest BCUT2D eigenvalue weighted by atomic mass is 16.4. The molecule has 2 aromatic rings. The first kappa shape index (κ1) is 17.5. The molecule has 6 nitrogen and oxygen atoms in total. The van der Waals surface area contributed by atoms with Gasteiger partial charge in [-0.1, -0.05) is 42.5 Å². The fourth-order valence-electron chi connectivity index (χ4n) is 2.27. The Morgan fingerprint density at radius 1 is 0.917 bits per heavy atom. The first-order chi connectivity index (χ1) is 11.5. The van der Waals surface area contributed by atoms with Crippen LogP contribution in [0.4, 0.5) is 0 Å². The van der Waals surface area contributed by atoms with Crippen molar-refractivity contribution in [3.05, 3.63) is 65.7 Å². The van der Waals surface area contributed by atoms with Crippen LogP contribution < -0.4 is 5.32 Å². The summed E-state index contributed by atoms with van der Waals surface area (Å²) in [5, 5.41) is 30.8. The van der Waals surface area contributed by atoms with Gasteiger partial charge in [0.25, 0.3) is 0 Å². The van der Waals surface area contributed by atoms with Gasteiger partial charge in [-0.3, -0.25) is 4.79 Å². The number of benzene rings is 2. The Kier molecular flexibility index (Phi) is 5.92. The summed E-state index contributed by atoms with van der Waals surface area (Å²) in [5.74, 6) is -1.85. The quantitative estimate of drug-likeness (QED) is 0.609. The van der Waals surface area contributed by atoms with Crippen LogP contribution in [0.3, 0.4) is 0 Å². The van der Waals surface area contributed by atoms with Crippen molar-refractivity contribution in [3.8, 4) is 5.75 Å². The molecule has 0 saturated heterocycles. The molecule has 2 atom stereocenters. The van der Waals surface area contributed by atoms with Gasteiger partial charge in [0.05, 0.1) is 0 Å². The van der Waals surface area contributed by atoms with Crippen molar-refractivity contribution >= 4 is 11.9 Å². The molecular weight excluding hydrogens is 310 g/mol. The fraction of sp³-hybridized carbons (Fsp3) is 0.222. The van der Waals surface area contributed by atoms with Crippen LogP contribution >= 0.6 is 0 Å². The number of carbonyl (C=O) groups is 2. The summed E-state index contributed by atoms with van der Waals surface area (Å²) < 4.78 is 0. The molecule has 0 heterocycles. The number of aromatic hydroxyl groups is 1. The van der Waals surface area contributed by atoms with Crippen molar-refractivity contribution in [1.82, 2.24) is 5.32 Å². The summed E-state index contributed by atoms with van der Waals surface area (Å²) in [4.78, 5) is 23.4. The molecule has 0 bridgehead atoms. The van der Waals surface area contributed by atoms with Gasteiger partial charge in [-0.15, -0.1) is 0 Å². The molecule has 24 heavy (non-hydrogen) atoms. The number of carboxylic acids is 1. The predicted octanol–water partition coefficient (Wildman–Crippen LogP) is 1.11. The van der Waals surface area contributed by atoms with Crippen molar-refractivity contribution in [2.24, 2.45) is 0 Å². The van der Waals surface area contributed by atoms with Crippen molar-refractivity contribution in [2.75, 3.05) is 0 Å².